The minimum Gasteiger partial charge on any atom is -0.480 e. The zero-order valence-electron chi connectivity index (χ0n) is 25.5. The standard InChI is InChI=1S/C32H37N5O7S/c33-17-18-44-37-28(22-7-3-1-4-8-22)24-13-11-21(12-14-24)19-45-20-26(35-27(38)16-15-25(34)31(40)41)30(39)36-29(32(42)43)23-9-5-2-6-10-23/h1-14,25-26,29H,15-20,33-34H2,(H,35,38)(H,36,39)(H,40,41)(H,42,43)/t25-,26-,29?/m0/s1/i/hD. The molecule has 3 aromatic carbocycles. The Hall–Kier alpha value is -4.72. The summed E-state index contributed by atoms with van der Waals surface area (Å²) in [7, 11) is 0. The normalized spacial score (nSPS) is 13.6. The summed E-state index contributed by atoms with van der Waals surface area (Å²) < 4.78 is 8.42. The van der Waals surface area contributed by atoms with E-state index in [9.17, 15) is 24.3 Å². The number of hydrogen-bond acceptors (Lipinski definition) is 9. The van der Waals surface area contributed by atoms with E-state index in [0.29, 0.717) is 28.9 Å². The number of aliphatic carboxylic acids is 2. The number of nitrogens with zero attached hydrogens (tertiary/aromatic N) is 1. The zero-order chi connectivity index (χ0) is 33.5. The molecule has 0 saturated heterocycles. The van der Waals surface area contributed by atoms with E-state index in [1.165, 1.54) is 11.8 Å². The van der Waals surface area contributed by atoms with Crippen LogP contribution in [-0.2, 0) is 29.8 Å². The maximum absolute atomic E-state index is 13.4. The number of benzene rings is 3. The lowest BCUT2D eigenvalue weighted by molar-refractivity contribution is -0.142. The van der Waals surface area contributed by atoms with Gasteiger partial charge in [-0.3, -0.25) is 14.4 Å². The van der Waals surface area contributed by atoms with Crippen molar-refractivity contribution in [3.8, 4) is 0 Å². The second-order valence-corrected chi connectivity index (χ2v) is 10.9. The van der Waals surface area contributed by atoms with Crippen molar-refractivity contribution >= 4 is 41.2 Å². The highest BCUT2D eigenvalue weighted by Gasteiger charge is 2.28. The van der Waals surface area contributed by atoms with Crippen molar-refractivity contribution in [3.05, 3.63) is 107 Å². The summed E-state index contributed by atoms with van der Waals surface area (Å²) >= 11 is 1.27. The minimum absolute atomic E-state index is 0.0431. The van der Waals surface area contributed by atoms with Gasteiger partial charge in [-0.2, -0.15) is 11.8 Å². The summed E-state index contributed by atoms with van der Waals surface area (Å²) in [5.74, 6) is -3.91. The van der Waals surface area contributed by atoms with E-state index in [-0.39, 0.29) is 25.2 Å². The molecule has 8 N–H and O–H groups in total. The molecule has 0 saturated carbocycles. The molecule has 0 heterocycles. The number of hydrogen-bond donors (Lipinski definition) is 6. The molecule has 3 aromatic rings. The average Bonchev–Trinajstić information content (AvgIpc) is 3.07. The second kappa shape index (κ2) is 18.2. The van der Waals surface area contributed by atoms with Gasteiger partial charge in [0.2, 0.25) is 11.8 Å². The lowest BCUT2D eigenvalue weighted by atomic mass is 10.0. The minimum atomic E-state index is -1.41. The molecule has 0 aromatic heterocycles. The highest BCUT2D eigenvalue weighted by Crippen LogP contribution is 2.19. The molecule has 0 fully saturated rings. The van der Waals surface area contributed by atoms with Crippen LogP contribution >= 0.6 is 11.8 Å². The number of nitrogens with one attached hydrogen (secondary N) is 2. The molecule has 0 bridgehead atoms. The van der Waals surface area contributed by atoms with Crippen LogP contribution in [0.3, 0.4) is 0 Å². The lowest BCUT2D eigenvalue weighted by Gasteiger charge is -2.22. The number of oxime groups is 1. The molecule has 1 unspecified atom stereocenters. The van der Waals surface area contributed by atoms with Crippen LogP contribution in [0, 0.1) is 0 Å². The molecule has 238 valence electrons. The Balaban J connectivity index is 1.74. The predicted molar refractivity (Wildman–Crippen MR) is 171 cm³/mol. The first-order chi connectivity index (χ1) is 22.1. The van der Waals surface area contributed by atoms with Crippen LogP contribution < -0.4 is 22.1 Å². The van der Waals surface area contributed by atoms with E-state index in [2.05, 4.69) is 10.5 Å². The van der Waals surface area contributed by atoms with Crippen molar-refractivity contribution in [2.75, 3.05) is 18.9 Å². The van der Waals surface area contributed by atoms with Crippen molar-refractivity contribution in [1.29, 1.82) is 0 Å². The molecule has 45 heavy (non-hydrogen) atoms. The van der Waals surface area contributed by atoms with Gasteiger partial charge in [-0.25, -0.2) is 4.79 Å². The Morgan fingerprint density at radius 1 is 0.911 bits per heavy atom. The molecule has 13 heteroatoms. The predicted octanol–water partition coefficient (Wildman–Crippen LogP) is 2.27. The fraction of sp³-hybridized carbons (Fsp3) is 0.281. The third-order valence-electron chi connectivity index (χ3n) is 6.44. The molecule has 0 aliphatic carbocycles. The van der Waals surface area contributed by atoms with Gasteiger partial charge >= 0.3 is 11.9 Å². The van der Waals surface area contributed by atoms with Gasteiger partial charge in [-0.15, -0.1) is 0 Å². The fourth-order valence-corrected chi connectivity index (χ4v) is 5.06. The van der Waals surface area contributed by atoms with E-state index in [0.717, 1.165) is 16.7 Å². The van der Waals surface area contributed by atoms with Gasteiger partial charge < -0.3 is 37.1 Å². The summed E-state index contributed by atoms with van der Waals surface area (Å²) in [6.07, 6.45) is -0.612. The molecular weight excluding hydrogens is 598 g/mol. The average molecular weight is 637 g/mol. The molecule has 0 aliphatic rings. The lowest BCUT2D eigenvalue weighted by Crippen LogP contribution is -2.50. The maximum Gasteiger partial charge on any atom is 0.330 e. The molecule has 3 rings (SSSR count). The highest BCUT2D eigenvalue weighted by molar-refractivity contribution is 7.98. The number of amides is 2. The third-order valence-corrected chi connectivity index (χ3v) is 7.53. The Labute approximate surface area is 266 Å². The molecular formula is C32H37N5O7S. The summed E-state index contributed by atoms with van der Waals surface area (Å²) in [5, 5.41) is 26.0. The number of carbonyl (C=O) groups excluding carboxylic acids is 2. The first-order valence-corrected chi connectivity index (χ1v) is 15.3. The summed E-state index contributed by atoms with van der Waals surface area (Å²) in [6, 6.07) is 21.0. The molecule has 0 radical (unpaired) electrons. The Kier molecular flexibility index (Phi) is 13.4. The number of nitrogens with two attached hydrogens (primary N) is 2. The fourth-order valence-electron chi connectivity index (χ4n) is 4.06. The van der Waals surface area contributed by atoms with E-state index >= 15 is 0 Å². The van der Waals surface area contributed by atoms with Gasteiger partial charge in [0.05, 0.1) is 0 Å². The Morgan fingerprint density at radius 3 is 2.13 bits per heavy atom. The van der Waals surface area contributed by atoms with Crippen molar-refractivity contribution in [2.24, 2.45) is 16.6 Å². The van der Waals surface area contributed by atoms with Crippen LogP contribution in [-0.4, -0.2) is 70.7 Å². The summed E-state index contributed by atoms with van der Waals surface area (Å²) in [6.45, 7) is 0.585. The SMILES string of the molecule is [2H]N(C(=O)CC[C@H](N)C(=O)O)[C@@H](CSCc1ccc(C(=NOCCN)c2ccccc2)cc1)C(=O)NC(C(=O)O)c1ccccc1. The van der Waals surface area contributed by atoms with Gasteiger partial charge in [0.15, 0.2) is 7.45 Å². The monoisotopic (exact) mass is 636 g/mol. The number of carboxylic acids is 2. The number of thioether (sulfide) groups is 1. The first-order valence-electron chi connectivity index (χ1n) is 14.6. The zero-order valence-corrected chi connectivity index (χ0v) is 25.3. The van der Waals surface area contributed by atoms with E-state index in [1.807, 2.05) is 54.6 Å². The Bertz CT molecular complexity index is 1480. The second-order valence-electron chi connectivity index (χ2n) is 9.85. The van der Waals surface area contributed by atoms with Crippen molar-refractivity contribution in [1.82, 2.24) is 10.6 Å². The van der Waals surface area contributed by atoms with Gasteiger partial charge in [0.25, 0.3) is 0 Å². The van der Waals surface area contributed by atoms with E-state index in [4.69, 9.17) is 22.8 Å². The van der Waals surface area contributed by atoms with Gasteiger partial charge in [-0.05, 0) is 17.5 Å². The van der Waals surface area contributed by atoms with Crippen molar-refractivity contribution < 1.29 is 35.6 Å². The third kappa shape index (κ3) is 11.4. The number of carboxylic acid groups (broad SMARTS) is 2. The van der Waals surface area contributed by atoms with Crippen LogP contribution in [0.1, 0.15) is 41.1 Å². The summed E-state index contributed by atoms with van der Waals surface area (Å²) in [4.78, 5) is 54.6. The topological polar surface area (TPSA) is 206 Å². The molecule has 0 aliphatic heterocycles. The van der Waals surface area contributed by atoms with Crippen molar-refractivity contribution in [2.45, 2.75) is 36.7 Å². The maximum atomic E-state index is 13.4. The summed E-state index contributed by atoms with van der Waals surface area (Å²) in [5.41, 5.74) is 14.5. The van der Waals surface area contributed by atoms with Crippen LogP contribution in [0.25, 0.3) is 0 Å². The molecule has 12 nitrogen and oxygen atoms in total. The quantitative estimate of drug-likeness (QED) is 0.0682. The largest absolute Gasteiger partial charge is 0.480 e. The van der Waals surface area contributed by atoms with Crippen LogP contribution in [0.2, 0.25) is 1.41 Å². The highest BCUT2D eigenvalue weighted by atomic mass is 32.2. The van der Waals surface area contributed by atoms with Gasteiger partial charge in [0, 0.05) is 35.6 Å². The van der Waals surface area contributed by atoms with Gasteiger partial charge in [0.1, 0.15) is 24.4 Å². The number of carbonyl (C=O) groups is 4. The van der Waals surface area contributed by atoms with Crippen molar-refractivity contribution in [3.63, 3.8) is 0 Å². The van der Waals surface area contributed by atoms with Crippen LogP contribution in [0.4, 0.5) is 0 Å². The number of rotatable bonds is 18. The Morgan fingerprint density at radius 2 is 1.53 bits per heavy atom. The van der Waals surface area contributed by atoms with E-state index < -0.39 is 41.9 Å². The van der Waals surface area contributed by atoms with Crippen LogP contribution in [0.5, 0.6) is 0 Å². The van der Waals surface area contributed by atoms with E-state index in [1.54, 1.807) is 30.3 Å². The molecule has 3 atom stereocenters. The molecule has 2 amide bonds. The molecule has 0 spiro atoms. The smallest absolute Gasteiger partial charge is 0.330 e. The van der Waals surface area contributed by atoms with Gasteiger partial charge in [-0.1, -0.05) is 90.1 Å². The first kappa shape index (κ1) is 33.2. The van der Waals surface area contributed by atoms with Crippen LogP contribution in [0.15, 0.2) is 90.1 Å².